The van der Waals surface area contributed by atoms with Crippen LogP contribution < -0.4 is 0 Å². The zero-order valence-corrected chi connectivity index (χ0v) is 12.6. The summed E-state index contributed by atoms with van der Waals surface area (Å²) in [4.78, 5) is 3.11. The van der Waals surface area contributed by atoms with Crippen LogP contribution in [0.25, 0.3) is 16.9 Å². The summed E-state index contributed by atoms with van der Waals surface area (Å²) in [5.41, 5.74) is 3.19. The van der Waals surface area contributed by atoms with Crippen molar-refractivity contribution in [2.75, 3.05) is 0 Å². The van der Waals surface area contributed by atoms with E-state index < -0.39 is 0 Å². The first-order chi connectivity index (χ1) is 8.99. The number of hydrogen-bond acceptors (Lipinski definition) is 2. The molecule has 0 atom stereocenters. The van der Waals surface area contributed by atoms with E-state index in [0.29, 0.717) is 10.5 Å². The SMILES string of the molecule is Cc1nn(C)c2c1[nH]c(=S)n2-c1cc(F)ccc1Br. The quantitative estimate of drug-likeness (QED) is 0.687. The fourth-order valence-corrected chi connectivity index (χ4v) is 2.90. The number of aromatic nitrogens is 4. The van der Waals surface area contributed by atoms with Crippen molar-refractivity contribution in [3.8, 4) is 5.69 Å². The van der Waals surface area contributed by atoms with Gasteiger partial charge in [0.05, 0.1) is 11.4 Å². The second-order valence-electron chi connectivity index (χ2n) is 4.27. The smallest absolute Gasteiger partial charge is 0.184 e. The summed E-state index contributed by atoms with van der Waals surface area (Å²) in [5, 5.41) is 4.34. The number of hydrogen-bond donors (Lipinski definition) is 1. The first-order valence-corrected chi connectivity index (χ1v) is 6.79. The average Bonchev–Trinajstić information content (AvgIpc) is 2.81. The van der Waals surface area contributed by atoms with E-state index in [9.17, 15) is 4.39 Å². The Morgan fingerprint density at radius 1 is 1.42 bits per heavy atom. The van der Waals surface area contributed by atoms with Gasteiger partial charge in [0.15, 0.2) is 10.4 Å². The molecule has 1 N–H and O–H groups in total. The molecule has 0 amide bonds. The molecule has 0 aliphatic rings. The van der Waals surface area contributed by atoms with Gasteiger partial charge < -0.3 is 4.98 Å². The first-order valence-electron chi connectivity index (χ1n) is 5.59. The Morgan fingerprint density at radius 2 is 2.16 bits per heavy atom. The van der Waals surface area contributed by atoms with Gasteiger partial charge in [0.2, 0.25) is 0 Å². The van der Waals surface area contributed by atoms with E-state index in [0.717, 1.165) is 21.3 Å². The van der Waals surface area contributed by atoms with Gasteiger partial charge in [-0.3, -0.25) is 4.57 Å². The van der Waals surface area contributed by atoms with Crippen LogP contribution in [0.1, 0.15) is 5.69 Å². The van der Waals surface area contributed by atoms with Crippen molar-refractivity contribution in [2.24, 2.45) is 7.05 Å². The van der Waals surface area contributed by atoms with Crippen molar-refractivity contribution in [3.63, 3.8) is 0 Å². The van der Waals surface area contributed by atoms with Crippen LogP contribution in [0.5, 0.6) is 0 Å². The van der Waals surface area contributed by atoms with E-state index in [1.807, 2.05) is 14.0 Å². The van der Waals surface area contributed by atoms with Crippen LogP contribution >= 0.6 is 28.1 Å². The molecule has 0 unspecified atom stereocenters. The number of aryl methyl sites for hydroxylation is 2. The molecule has 98 valence electrons. The summed E-state index contributed by atoms with van der Waals surface area (Å²) in [6.45, 7) is 1.90. The molecular formula is C12H10BrFN4S. The third-order valence-corrected chi connectivity index (χ3v) is 3.94. The second-order valence-corrected chi connectivity index (χ2v) is 5.51. The number of nitrogens with one attached hydrogen (secondary N) is 1. The Bertz CT molecular complexity index is 845. The van der Waals surface area contributed by atoms with Crippen LogP contribution in [0.15, 0.2) is 22.7 Å². The maximum atomic E-state index is 13.5. The van der Waals surface area contributed by atoms with E-state index >= 15 is 0 Å². The van der Waals surface area contributed by atoms with Gasteiger partial charge in [0.25, 0.3) is 0 Å². The summed E-state index contributed by atoms with van der Waals surface area (Å²) >= 11 is 8.76. The highest BCUT2D eigenvalue weighted by Gasteiger charge is 2.16. The van der Waals surface area contributed by atoms with Crippen molar-refractivity contribution >= 4 is 39.3 Å². The Hall–Kier alpha value is -1.47. The molecule has 0 bridgehead atoms. The number of aromatic amines is 1. The standard InChI is InChI=1S/C12H10BrFN4S/c1-6-10-11(17(2)16-6)18(12(19)15-10)9-5-7(14)3-4-8(9)13/h3-5H,1-2H3,(H,15,19). The van der Waals surface area contributed by atoms with Crippen molar-refractivity contribution in [2.45, 2.75) is 6.92 Å². The lowest BCUT2D eigenvalue weighted by atomic mass is 10.3. The number of halogens is 2. The molecule has 19 heavy (non-hydrogen) atoms. The Morgan fingerprint density at radius 3 is 2.89 bits per heavy atom. The van der Waals surface area contributed by atoms with E-state index in [1.165, 1.54) is 12.1 Å². The van der Waals surface area contributed by atoms with Crippen LogP contribution in [0.2, 0.25) is 0 Å². The predicted molar refractivity (Wildman–Crippen MR) is 77.6 cm³/mol. The average molecular weight is 341 g/mol. The molecule has 0 aliphatic heterocycles. The zero-order chi connectivity index (χ0) is 13.7. The Labute approximate surface area is 122 Å². The summed E-state index contributed by atoms with van der Waals surface area (Å²) in [5.74, 6) is -0.312. The third-order valence-electron chi connectivity index (χ3n) is 2.99. The van der Waals surface area contributed by atoms with Gasteiger partial charge in [-0.05, 0) is 53.3 Å². The fourth-order valence-electron chi connectivity index (χ4n) is 2.19. The van der Waals surface area contributed by atoms with Gasteiger partial charge in [-0.25, -0.2) is 9.07 Å². The molecular weight excluding hydrogens is 331 g/mol. The zero-order valence-electron chi connectivity index (χ0n) is 10.2. The van der Waals surface area contributed by atoms with Crippen LogP contribution in [0.4, 0.5) is 4.39 Å². The van der Waals surface area contributed by atoms with E-state index in [2.05, 4.69) is 26.0 Å². The molecule has 3 aromatic rings. The van der Waals surface area contributed by atoms with Crippen LogP contribution in [0, 0.1) is 17.5 Å². The van der Waals surface area contributed by atoms with Crippen molar-refractivity contribution in [3.05, 3.63) is 39.0 Å². The third kappa shape index (κ3) is 1.84. The highest BCUT2D eigenvalue weighted by Crippen LogP contribution is 2.27. The van der Waals surface area contributed by atoms with Crippen LogP contribution in [0.3, 0.4) is 0 Å². The van der Waals surface area contributed by atoms with E-state index in [-0.39, 0.29) is 5.82 Å². The molecule has 0 radical (unpaired) electrons. The second kappa shape index (κ2) is 4.28. The maximum absolute atomic E-state index is 13.5. The van der Waals surface area contributed by atoms with Gasteiger partial charge in [-0.15, -0.1) is 0 Å². The highest BCUT2D eigenvalue weighted by molar-refractivity contribution is 9.10. The summed E-state index contributed by atoms with van der Waals surface area (Å²) in [7, 11) is 1.83. The molecule has 0 aliphatic carbocycles. The summed E-state index contributed by atoms with van der Waals surface area (Å²) < 4.78 is 18.3. The van der Waals surface area contributed by atoms with Gasteiger partial charge in [0, 0.05) is 11.5 Å². The number of imidazole rings is 1. The van der Waals surface area contributed by atoms with E-state index in [4.69, 9.17) is 12.2 Å². The molecule has 0 saturated carbocycles. The van der Waals surface area contributed by atoms with Crippen molar-refractivity contribution in [1.29, 1.82) is 0 Å². The molecule has 0 saturated heterocycles. The predicted octanol–water partition coefficient (Wildman–Crippen LogP) is 3.63. The molecule has 1 aromatic carbocycles. The van der Waals surface area contributed by atoms with Crippen molar-refractivity contribution < 1.29 is 4.39 Å². The van der Waals surface area contributed by atoms with Crippen LogP contribution in [-0.2, 0) is 7.05 Å². The van der Waals surface area contributed by atoms with Gasteiger partial charge in [0.1, 0.15) is 11.3 Å². The number of fused-ring (bicyclic) bond motifs is 1. The molecule has 0 spiro atoms. The number of nitrogens with zero attached hydrogens (tertiary/aromatic N) is 3. The molecule has 2 aromatic heterocycles. The monoisotopic (exact) mass is 340 g/mol. The summed E-state index contributed by atoms with van der Waals surface area (Å²) in [6, 6.07) is 4.50. The minimum absolute atomic E-state index is 0.312. The Kier molecular flexibility index (Phi) is 2.83. The minimum Gasteiger partial charge on any atom is -0.327 e. The lowest BCUT2D eigenvalue weighted by Gasteiger charge is -2.07. The molecule has 0 fully saturated rings. The van der Waals surface area contributed by atoms with Gasteiger partial charge in [-0.1, -0.05) is 0 Å². The fraction of sp³-hybridized carbons (Fsp3) is 0.167. The summed E-state index contributed by atoms with van der Waals surface area (Å²) in [6.07, 6.45) is 0. The minimum atomic E-state index is -0.312. The first kappa shape index (κ1) is 12.6. The Balaban J connectivity index is 2.45. The maximum Gasteiger partial charge on any atom is 0.184 e. The number of rotatable bonds is 1. The lowest BCUT2D eigenvalue weighted by molar-refractivity contribution is 0.626. The molecule has 7 heteroatoms. The van der Waals surface area contributed by atoms with E-state index in [1.54, 1.807) is 15.3 Å². The van der Waals surface area contributed by atoms with Gasteiger partial charge >= 0.3 is 0 Å². The number of H-pyrrole nitrogens is 1. The van der Waals surface area contributed by atoms with Crippen LogP contribution in [-0.4, -0.2) is 19.3 Å². The topological polar surface area (TPSA) is 38.5 Å². The highest BCUT2D eigenvalue weighted by atomic mass is 79.9. The number of benzene rings is 1. The largest absolute Gasteiger partial charge is 0.327 e. The van der Waals surface area contributed by atoms with Crippen molar-refractivity contribution in [1.82, 2.24) is 19.3 Å². The molecule has 3 rings (SSSR count). The lowest BCUT2D eigenvalue weighted by Crippen LogP contribution is -2.02. The van der Waals surface area contributed by atoms with Gasteiger partial charge in [-0.2, -0.15) is 5.10 Å². The normalized spacial score (nSPS) is 11.4. The molecule has 4 nitrogen and oxygen atoms in total. The molecule has 2 heterocycles.